The van der Waals surface area contributed by atoms with E-state index in [-0.39, 0.29) is 0 Å². The van der Waals surface area contributed by atoms with Crippen molar-refractivity contribution in [2.45, 2.75) is 0 Å². The lowest BCUT2D eigenvalue weighted by atomic mass is 13.8. The highest BCUT2D eigenvalue weighted by Crippen LogP contribution is 1.97. The minimum atomic E-state index is 0.738. The van der Waals surface area contributed by atoms with Crippen molar-refractivity contribution in [3.05, 3.63) is 0 Å². The lowest BCUT2D eigenvalue weighted by Crippen LogP contribution is -1.90. The monoisotopic (exact) mass is 188 g/mol. The molecule has 0 rings (SSSR count). The van der Waals surface area contributed by atoms with Gasteiger partial charge in [0.05, 0.1) is 15.0 Å². The molecule has 2 nitrogen and oxygen atoms in total. The van der Waals surface area contributed by atoms with Crippen molar-refractivity contribution < 1.29 is 0 Å². The predicted octanol–water partition coefficient (Wildman–Crippen LogP) is 1.38. The summed E-state index contributed by atoms with van der Waals surface area (Å²) in [6.07, 6.45) is 0. The zero-order chi connectivity index (χ0) is 5.54. The van der Waals surface area contributed by atoms with E-state index in [0.717, 1.165) is 15.0 Å². The first-order valence-corrected chi connectivity index (χ1v) is 5.85. The van der Waals surface area contributed by atoms with E-state index in [1.54, 1.807) is 0 Å². The Hall–Kier alpha value is 1.31. The van der Waals surface area contributed by atoms with E-state index >= 15 is 0 Å². The molecule has 0 heterocycles. The maximum atomic E-state index is 4.53. The summed E-state index contributed by atoms with van der Waals surface area (Å²) in [5.74, 6) is 0. The second-order valence-electron chi connectivity index (χ2n) is 0.467. The summed E-state index contributed by atoms with van der Waals surface area (Å²) in [4.78, 5) is 0. The van der Waals surface area contributed by atoms with Crippen LogP contribution >= 0.6 is 27.1 Å². The third-order valence-corrected chi connectivity index (χ3v) is 2.83. The average Bonchev–Trinajstić information content (AvgIpc) is 1.69. The van der Waals surface area contributed by atoms with E-state index in [0.29, 0.717) is 0 Å². The van der Waals surface area contributed by atoms with Crippen LogP contribution in [0.5, 0.6) is 0 Å². The second kappa shape index (κ2) is 7.31. The normalized spacial score (nSPS) is 10.3. The Labute approximate surface area is 59.9 Å². The van der Waals surface area contributed by atoms with E-state index in [2.05, 4.69) is 32.6 Å². The summed E-state index contributed by atoms with van der Waals surface area (Å²) in [7, 11) is 1.48. The van der Waals surface area contributed by atoms with Crippen LogP contribution in [0.1, 0.15) is 0 Å². The molecule has 0 atom stereocenters. The third-order valence-electron chi connectivity index (χ3n) is 0.166. The lowest BCUT2D eigenvalue weighted by Gasteiger charge is -1.86. The summed E-state index contributed by atoms with van der Waals surface area (Å²) in [5, 5.41) is 0. The van der Waals surface area contributed by atoms with Crippen LogP contribution in [0, 0.1) is 0 Å². The molecule has 0 fully saturated rings. The Kier molecular flexibility index (Phi) is 8.68. The van der Waals surface area contributed by atoms with Crippen LogP contribution < -0.4 is 8.99 Å². The highest BCUT2D eigenvalue weighted by molar-refractivity contribution is 8.10. The van der Waals surface area contributed by atoms with E-state index in [9.17, 15) is 0 Å². The van der Waals surface area contributed by atoms with Crippen LogP contribution in [-0.2, 0) is 23.6 Å². The third kappa shape index (κ3) is 7.31. The molecular weight excluding hydrogens is 186 g/mol. The SMILES string of the molecule is S=PNSNP=S. The molecule has 0 bridgehead atoms. The summed E-state index contributed by atoms with van der Waals surface area (Å²) in [5.41, 5.74) is 0. The molecule has 7 heteroatoms. The maximum Gasteiger partial charge on any atom is 0.0704 e. The average molecular weight is 188 g/mol. The van der Waals surface area contributed by atoms with Gasteiger partial charge < -0.3 is 0 Å². The molecule has 0 radical (unpaired) electrons. The molecule has 0 aromatic carbocycles. The van der Waals surface area contributed by atoms with Crippen LogP contribution in [0.25, 0.3) is 0 Å². The van der Waals surface area contributed by atoms with Gasteiger partial charge in [0.1, 0.15) is 0 Å². The van der Waals surface area contributed by atoms with Crippen LogP contribution in [0.3, 0.4) is 0 Å². The molecule has 0 spiro atoms. The lowest BCUT2D eigenvalue weighted by molar-refractivity contribution is 1.64. The van der Waals surface area contributed by atoms with Gasteiger partial charge in [0.15, 0.2) is 0 Å². The first-order chi connectivity index (χ1) is 3.41. The molecular formula is H2N2P2S3. The fourth-order valence-electron chi connectivity index (χ4n) is 0.0577. The smallest absolute Gasteiger partial charge is 0.0704 e. The fraction of sp³-hybridized carbons (Fsp3) is 0. The molecule has 0 aromatic rings. The van der Waals surface area contributed by atoms with E-state index in [1.807, 2.05) is 0 Å². The van der Waals surface area contributed by atoms with Gasteiger partial charge >= 0.3 is 0 Å². The molecule has 0 aliphatic carbocycles. The molecule has 0 aliphatic heterocycles. The van der Waals surface area contributed by atoms with Gasteiger partial charge in [-0.3, -0.25) is 0 Å². The molecule has 2 N–H and O–H groups in total. The number of nitrogens with one attached hydrogen (secondary N) is 2. The van der Waals surface area contributed by atoms with Gasteiger partial charge in [-0.2, -0.15) is 8.99 Å². The maximum absolute atomic E-state index is 4.53. The second-order valence-corrected chi connectivity index (χ2v) is 3.59. The standard InChI is InChI=1S/H2N2P2S3/c5-3-1-7-2-4-6/h(H,1,5)(H,2,6). The van der Waals surface area contributed by atoms with Crippen molar-refractivity contribution in [1.82, 2.24) is 8.99 Å². The van der Waals surface area contributed by atoms with Crippen LogP contribution in [0.15, 0.2) is 0 Å². The zero-order valence-electron chi connectivity index (χ0n) is 3.12. The summed E-state index contributed by atoms with van der Waals surface area (Å²) in [6, 6.07) is 0. The van der Waals surface area contributed by atoms with Gasteiger partial charge in [0.2, 0.25) is 0 Å². The number of hydrogen-bond donors (Lipinski definition) is 2. The molecule has 0 amide bonds. The van der Waals surface area contributed by atoms with Crippen LogP contribution in [-0.4, -0.2) is 0 Å². The first kappa shape index (κ1) is 8.31. The number of rotatable bonds is 4. The Morgan fingerprint density at radius 2 is 1.57 bits per heavy atom. The van der Waals surface area contributed by atoms with E-state index < -0.39 is 0 Å². The largest absolute Gasteiger partial charge is 0.192 e. The van der Waals surface area contributed by atoms with Gasteiger partial charge in [-0.05, 0) is 23.6 Å². The molecule has 0 saturated carbocycles. The fourth-order valence-corrected chi connectivity index (χ4v) is 1.56. The Balaban J connectivity index is 2.68. The zero-order valence-corrected chi connectivity index (χ0v) is 7.36. The quantitative estimate of drug-likeness (QED) is 0.394. The molecule has 0 saturated heterocycles. The first-order valence-electron chi connectivity index (χ1n) is 1.22. The minimum Gasteiger partial charge on any atom is -0.192 e. The summed E-state index contributed by atoms with van der Waals surface area (Å²) < 4.78 is 5.54. The summed E-state index contributed by atoms with van der Waals surface area (Å²) in [6.45, 7) is 0. The molecule has 7 heavy (non-hydrogen) atoms. The number of hydrogen-bond acceptors (Lipinski definition) is 3. The van der Waals surface area contributed by atoms with Crippen molar-refractivity contribution in [2.24, 2.45) is 0 Å². The van der Waals surface area contributed by atoms with Crippen molar-refractivity contribution >= 4 is 50.8 Å². The highest BCUT2D eigenvalue weighted by atomic mass is 32.4. The predicted molar refractivity (Wildman–Crippen MR) is 42.4 cm³/mol. The van der Waals surface area contributed by atoms with Crippen molar-refractivity contribution in [2.75, 3.05) is 0 Å². The van der Waals surface area contributed by atoms with Gasteiger partial charge in [-0.1, -0.05) is 0 Å². The van der Waals surface area contributed by atoms with Crippen LogP contribution in [0.4, 0.5) is 0 Å². The molecule has 0 unspecified atom stereocenters. The Morgan fingerprint density at radius 1 is 1.14 bits per heavy atom. The highest BCUT2D eigenvalue weighted by Gasteiger charge is 1.72. The van der Waals surface area contributed by atoms with E-state index in [1.165, 1.54) is 12.1 Å². The van der Waals surface area contributed by atoms with Crippen molar-refractivity contribution in [3.63, 3.8) is 0 Å². The van der Waals surface area contributed by atoms with Crippen LogP contribution in [0.2, 0.25) is 0 Å². The van der Waals surface area contributed by atoms with Crippen molar-refractivity contribution in [1.29, 1.82) is 0 Å². The van der Waals surface area contributed by atoms with Gasteiger partial charge in [-0.25, -0.2) is 0 Å². The van der Waals surface area contributed by atoms with Gasteiger partial charge in [-0.15, -0.1) is 0 Å². The van der Waals surface area contributed by atoms with Gasteiger partial charge in [0, 0.05) is 12.1 Å². The molecule has 0 aliphatic rings. The Morgan fingerprint density at radius 3 is 1.86 bits per heavy atom. The Bertz CT molecular complexity index is 56.0. The summed E-state index contributed by atoms with van der Waals surface area (Å²) >= 11 is 10.4. The topological polar surface area (TPSA) is 24.1 Å². The van der Waals surface area contributed by atoms with E-state index in [4.69, 9.17) is 0 Å². The van der Waals surface area contributed by atoms with Gasteiger partial charge in [0.25, 0.3) is 0 Å². The molecule has 40 valence electrons. The minimum absolute atomic E-state index is 0.738. The molecule has 0 aromatic heterocycles. The van der Waals surface area contributed by atoms with Crippen molar-refractivity contribution in [3.8, 4) is 0 Å².